The quantitative estimate of drug-likeness (QED) is 0.624. The molecule has 0 aliphatic carbocycles. The van der Waals surface area contributed by atoms with E-state index in [0.29, 0.717) is 5.92 Å². The first-order valence-corrected chi connectivity index (χ1v) is 5.05. The van der Waals surface area contributed by atoms with Crippen LogP contribution in [0.2, 0.25) is 0 Å². The summed E-state index contributed by atoms with van der Waals surface area (Å²) in [4.78, 5) is 0. The molecule has 0 saturated carbocycles. The van der Waals surface area contributed by atoms with Gasteiger partial charge in [-0.2, -0.15) is 5.10 Å². The topological polar surface area (TPSA) is 24.8 Å². The highest BCUT2D eigenvalue weighted by Gasteiger charge is 2.07. The van der Waals surface area contributed by atoms with E-state index in [0.717, 1.165) is 32.7 Å². The molecular formula is C10H20N2O. The number of morpholine rings is 1. The first kappa shape index (κ1) is 10.5. The second kappa shape index (κ2) is 5.22. The standard InChI is InChI=1S/C10H20N2O/c1-9(2)8-10(3)11-12-4-6-13-7-5-12/h9H,4-8H2,1-3H3/b11-10+. The van der Waals surface area contributed by atoms with Gasteiger partial charge in [-0.15, -0.1) is 0 Å². The molecule has 0 aromatic rings. The van der Waals surface area contributed by atoms with Crippen molar-refractivity contribution >= 4 is 5.71 Å². The van der Waals surface area contributed by atoms with E-state index in [1.807, 2.05) is 0 Å². The Labute approximate surface area is 80.8 Å². The third kappa shape index (κ3) is 4.27. The van der Waals surface area contributed by atoms with Crippen molar-refractivity contribution in [2.75, 3.05) is 26.3 Å². The molecule has 0 radical (unpaired) electrons. The SMILES string of the molecule is C/C(CC(C)C)=N\N1CCOCC1. The zero-order valence-electron chi connectivity index (χ0n) is 8.92. The first-order valence-electron chi connectivity index (χ1n) is 5.05. The van der Waals surface area contributed by atoms with Gasteiger partial charge in [-0.05, 0) is 19.3 Å². The van der Waals surface area contributed by atoms with Crippen LogP contribution in [0.5, 0.6) is 0 Å². The lowest BCUT2D eigenvalue weighted by atomic mass is 10.1. The molecule has 1 aliphatic heterocycles. The maximum Gasteiger partial charge on any atom is 0.0659 e. The summed E-state index contributed by atoms with van der Waals surface area (Å²) in [7, 11) is 0. The maximum atomic E-state index is 5.25. The highest BCUT2D eigenvalue weighted by atomic mass is 16.5. The Morgan fingerprint density at radius 3 is 2.54 bits per heavy atom. The molecule has 0 N–H and O–H groups in total. The van der Waals surface area contributed by atoms with Crippen LogP contribution in [-0.2, 0) is 4.74 Å². The lowest BCUT2D eigenvalue weighted by Gasteiger charge is -2.24. The normalized spacial score (nSPS) is 19.7. The van der Waals surface area contributed by atoms with E-state index in [1.165, 1.54) is 5.71 Å². The Balaban J connectivity index is 2.34. The van der Waals surface area contributed by atoms with Crippen LogP contribution in [0.15, 0.2) is 5.10 Å². The molecule has 76 valence electrons. The average molecular weight is 184 g/mol. The van der Waals surface area contributed by atoms with E-state index in [2.05, 4.69) is 30.9 Å². The van der Waals surface area contributed by atoms with Crippen molar-refractivity contribution in [3.63, 3.8) is 0 Å². The second-order valence-corrected chi connectivity index (χ2v) is 4.00. The Hall–Kier alpha value is -0.570. The van der Waals surface area contributed by atoms with Crippen LogP contribution in [-0.4, -0.2) is 37.0 Å². The summed E-state index contributed by atoms with van der Waals surface area (Å²) >= 11 is 0. The summed E-state index contributed by atoms with van der Waals surface area (Å²) in [5.41, 5.74) is 1.23. The van der Waals surface area contributed by atoms with E-state index < -0.39 is 0 Å². The monoisotopic (exact) mass is 184 g/mol. The van der Waals surface area contributed by atoms with Crippen molar-refractivity contribution in [1.82, 2.24) is 5.01 Å². The zero-order valence-corrected chi connectivity index (χ0v) is 8.92. The fourth-order valence-corrected chi connectivity index (χ4v) is 1.53. The number of rotatable bonds is 3. The number of hydrazone groups is 1. The summed E-state index contributed by atoms with van der Waals surface area (Å²) in [6.07, 6.45) is 1.09. The molecule has 0 atom stereocenters. The highest BCUT2D eigenvalue weighted by Crippen LogP contribution is 2.04. The van der Waals surface area contributed by atoms with Crippen LogP contribution in [0.4, 0.5) is 0 Å². The van der Waals surface area contributed by atoms with Gasteiger partial charge in [0.2, 0.25) is 0 Å². The summed E-state index contributed by atoms with van der Waals surface area (Å²) in [6, 6.07) is 0. The Bertz CT molecular complexity index is 172. The Morgan fingerprint density at radius 1 is 1.38 bits per heavy atom. The molecule has 3 nitrogen and oxygen atoms in total. The van der Waals surface area contributed by atoms with E-state index >= 15 is 0 Å². The second-order valence-electron chi connectivity index (χ2n) is 4.00. The summed E-state index contributed by atoms with van der Waals surface area (Å²) in [5, 5.41) is 6.66. The van der Waals surface area contributed by atoms with Crippen molar-refractivity contribution in [1.29, 1.82) is 0 Å². The van der Waals surface area contributed by atoms with Crippen LogP contribution in [0.3, 0.4) is 0 Å². The van der Waals surface area contributed by atoms with Crippen molar-refractivity contribution in [2.24, 2.45) is 11.0 Å². The number of ether oxygens (including phenoxy) is 1. The van der Waals surface area contributed by atoms with E-state index in [1.54, 1.807) is 0 Å². The molecule has 3 heteroatoms. The third-order valence-corrected chi connectivity index (χ3v) is 2.00. The molecule has 0 aromatic heterocycles. The van der Waals surface area contributed by atoms with Crippen LogP contribution < -0.4 is 0 Å². The predicted octanol–water partition coefficient (Wildman–Crippen LogP) is 1.74. The third-order valence-electron chi connectivity index (χ3n) is 2.00. The molecule has 1 heterocycles. The Morgan fingerprint density at radius 2 is 2.00 bits per heavy atom. The van der Waals surface area contributed by atoms with Gasteiger partial charge < -0.3 is 4.74 Å². The lowest BCUT2D eigenvalue weighted by Crippen LogP contribution is -2.33. The molecule has 13 heavy (non-hydrogen) atoms. The summed E-state index contributed by atoms with van der Waals surface area (Å²) < 4.78 is 5.25. The van der Waals surface area contributed by atoms with Crippen molar-refractivity contribution in [3.05, 3.63) is 0 Å². The fraction of sp³-hybridized carbons (Fsp3) is 0.900. The molecule has 1 fully saturated rings. The van der Waals surface area contributed by atoms with Crippen LogP contribution >= 0.6 is 0 Å². The largest absolute Gasteiger partial charge is 0.378 e. The van der Waals surface area contributed by atoms with Gasteiger partial charge in [0.25, 0.3) is 0 Å². The van der Waals surface area contributed by atoms with Crippen LogP contribution in [0, 0.1) is 5.92 Å². The minimum absolute atomic E-state index is 0.699. The van der Waals surface area contributed by atoms with Gasteiger partial charge in [0.05, 0.1) is 26.3 Å². The summed E-state index contributed by atoms with van der Waals surface area (Å²) in [6.45, 7) is 10.1. The predicted molar refractivity (Wildman–Crippen MR) is 55.0 cm³/mol. The van der Waals surface area contributed by atoms with Crippen molar-refractivity contribution in [2.45, 2.75) is 27.2 Å². The number of nitrogens with zero attached hydrogens (tertiary/aromatic N) is 2. The molecule has 1 aliphatic rings. The minimum atomic E-state index is 0.699. The fourth-order valence-electron chi connectivity index (χ4n) is 1.53. The molecule has 0 spiro atoms. The molecule has 0 bridgehead atoms. The summed E-state index contributed by atoms with van der Waals surface area (Å²) in [5.74, 6) is 0.699. The number of hydrogen-bond acceptors (Lipinski definition) is 3. The van der Waals surface area contributed by atoms with Gasteiger partial charge in [0.1, 0.15) is 0 Å². The van der Waals surface area contributed by atoms with Crippen LogP contribution in [0.1, 0.15) is 27.2 Å². The zero-order chi connectivity index (χ0) is 9.68. The lowest BCUT2D eigenvalue weighted by molar-refractivity contribution is 0.0392. The average Bonchev–Trinajstić information content (AvgIpc) is 2.04. The minimum Gasteiger partial charge on any atom is -0.378 e. The van der Waals surface area contributed by atoms with Crippen LogP contribution in [0.25, 0.3) is 0 Å². The first-order chi connectivity index (χ1) is 6.18. The smallest absolute Gasteiger partial charge is 0.0659 e. The molecule has 1 rings (SSSR count). The highest BCUT2D eigenvalue weighted by molar-refractivity contribution is 5.81. The molecular weight excluding hydrogens is 164 g/mol. The van der Waals surface area contributed by atoms with E-state index in [4.69, 9.17) is 4.74 Å². The molecule has 1 saturated heterocycles. The molecule has 0 unspecified atom stereocenters. The Kier molecular flexibility index (Phi) is 4.22. The molecule has 0 aromatic carbocycles. The van der Waals surface area contributed by atoms with Crippen molar-refractivity contribution in [3.8, 4) is 0 Å². The van der Waals surface area contributed by atoms with Gasteiger partial charge in [0, 0.05) is 5.71 Å². The van der Waals surface area contributed by atoms with E-state index in [-0.39, 0.29) is 0 Å². The van der Waals surface area contributed by atoms with E-state index in [9.17, 15) is 0 Å². The maximum absolute atomic E-state index is 5.25. The molecule has 0 amide bonds. The van der Waals surface area contributed by atoms with Gasteiger partial charge in [-0.25, -0.2) is 0 Å². The van der Waals surface area contributed by atoms with Crippen molar-refractivity contribution < 1.29 is 4.74 Å². The van der Waals surface area contributed by atoms with Gasteiger partial charge in [0.15, 0.2) is 0 Å². The number of hydrogen-bond donors (Lipinski definition) is 0. The van der Waals surface area contributed by atoms with Gasteiger partial charge in [-0.3, -0.25) is 5.01 Å². The van der Waals surface area contributed by atoms with Gasteiger partial charge >= 0.3 is 0 Å². The van der Waals surface area contributed by atoms with Gasteiger partial charge in [-0.1, -0.05) is 13.8 Å².